The second-order valence-electron chi connectivity index (χ2n) is 3.61. The molecule has 0 bridgehead atoms. The molecule has 0 spiro atoms. The molecule has 0 fully saturated rings. The lowest BCUT2D eigenvalue weighted by molar-refractivity contribution is -0.144. The number of methoxy groups -OCH3 is 1. The molecule has 0 radical (unpaired) electrons. The molecule has 1 atom stereocenters. The number of benzene rings is 1. The van der Waals surface area contributed by atoms with Gasteiger partial charge in [-0.2, -0.15) is 0 Å². The van der Waals surface area contributed by atoms with Crippen LogP contribution in [-0.2, 0) is 20.7 Å². The average Bonchev–Trinajstić information content (AvgIpc) is 2.26. The van der Waals surface area contributed by atoms with E-state index in [4.69, 9.17) is 0 Å². The Hall–Kier alpha value is -1.91. The Labute approximate surface area is 98.8 Å². The highest BCUT2D eigenvalue weighted by Gasteiger charge is 2.20. The molecule has 0 unspecified atom stereocenters. The van der Waals surface area contributed by atoms with Gasteiger partial charge in [0.05, 0.1) is 7.11 Å². The summed E-state index contributed by atoms with van der Waals surface area (Å²) < 4.78 is 17.5. The summed E-state index contributed by atoms with van der Waals surface area (Å²) in [6.07, 6.45) is 0.198. The molecular weight excluding hydrogens is 225 g/mol. The zero-order chi connectivity index (χ0) is 12.8. The minimum Gasteiger partial charge on any atom is -0.467 e. The van der Waals surface area contributed by atoms with Gasteiger partial charge in [-0.15, -0.1) is 0 Å². The van der Waals surface area contributed by atoms with Crippen molar-refractivity contribution in [3.63, 3.8) is 0 Å². The maximum absolute atomic E-state index is 13.0. The van der Waals surface area contributed by atoms with Crippen LogP contribution < -0.4 is 5.32 Å². The van der Waals surface area contributed by atoms with Crippen molar-refractivity contribution >= 4 is 11.9 Å². The van der Waals surface area contributed by atoms with E-state index in [-0.39, 0.29) is 18.1 Å². The van der Waals surface area contributed by atoms with Crippen molar-refractivity contribution in [2.45, 2.75) is 19.4 Å². The molecule has 17 heavy (non-hydrogen) atoms. The molecule has 0 saturated carbocycles. The number of halogens is 1. The number of nitrogens with one attached hydrogen (secondary N) is 1. The monoisotopic (exact) mass is 239 g/mol. The van der Waals surface area contributed by atoms with Gasteiger partial charge in [-0.3, -0.25) is 4.79 Å². The van der Waals surface area contributed by atoms with Gasteiger partial charge in [0.2, 0.25) is 5.91 Å². The lowest BCUT2D eigenvalue weighted by Crippen LogP contribution is -2.41. The summed E-state index contributed by atoms with van der Waals surface area (Å²) in [6.45, 7) is 1.31. The van der Waals surface area contributed by atoms with E-state index in [9.17, 15) is 14.0 Å². The van der Waals surface area contributed by atoms with Crippen molar-refractivity contribution < 1.29 is 18.7 Å². The first kappa shape index (κ1) is 13.2. The van der Waals surface area contributed by atoms with Crippen LogP contribution in [0.2, 0.25) is 0 Å². The van der Waals surface area contributed by atoms with Crippen LogP contribution in [0.5, 0.6) is 0 Å². The van der Waals surface area contributed by atoms with Gasteiger partial charge in [-0.1, -0.05) is 12.1 Å². The normalized spacial score (nSPS) is 11.7. The van der Waals surface area contributed by atoms with Gasteiger partial charge in [0.15, 0.2) is 0 Å². The Morgan fingerprint density at radius 2 is 2.18 bits per heavy atom. The summed E-state index contributed by atoms with van der Waals surface area (Å²) in [7, 11) is 1.24. The highest BCUT2D eigenvalue weighted by atomic mass is 19.1. The van der Waals surface area contributed by atoms with Gasteiger partial charge in [-0.25, -0.2) is 9.18 Å². The van der Waals surface area contributed by atoms with E-state index in [0.29, 0.717) is 5.56 Å². The van der Waals surface area contributed by atoms with E-state index < -0.39 is 12.0 Å². The van der Waals surface area contributed by atoms with Crippen LogP contribution in [0.3, 0.4) is 0 Å². The van der Waals surface area contributed by atoms with Gasteiger partial charge in [-0.05, 0) is 17.7 Å². The minimum atomic E-state index is -0.792. The van der Waals surface area contributed by atoms with Crippen LogP contribution >= 0.6 is 0 Å². The van der Waals surface area contributed by atoms with Crippen molar-refractivity contribution in [3.05, 3.63) is 35.6 Å². The average molecular weight is 239 g/mol. The lowest BCUT2D eigenvalue weighted by Gasteiger charge is -2.15. The molecule has 0 aliphatic carbocycles. The fourth-order valence-corrected chi connectivity index (χ4v) is 1.48. The Balaban J connectivity index is 2.78. The SMILES string of the molecule is COC(=O)[C@H](Cc1cccc(F)c1)NC(C)=O. The van der Waals surface area contributed by atoms with E-state index in [1.807, 2.05) is 0 Å². The van der Waals surface area contributed by atoms with E-state index in [1.165, 1.54) is 26.2 Å². The zero-order valence-electron chi connectivity index (χ0n) is 9.70. The third-order valence-corrected chi connectivity index (χ3v) is 2.19. The quantitative estimate of drug-likeness (QED) is 0.799. The Morgan fingerprint density at radius 1 is 1.47 bits per heavy atom. The number of esters is 1. The highest BCUT2D eigenvalue weighted by molar-refractivity contribution is 5.83. The molecule has 0 aliphatic rings. The molecule has 92 valence electrons. The summed E-state index contributed by atoms with van der Waals surface area (Å²) in [4.78, 5) is 22.3. The number of ether oxygens (including phenoxy) is 1. The van der Waals surface area contributed by atoms with Crippen molar-refractivity contribution in [2.24, 2.45) is 0 Å². The standard InChI is InChI=1S/C12H14FNO3/c1-8(15)14-11(12(16)17-2)7-9-4-3-5-10(13)6-9/h3-6,11H,7H2,1-2H3,(H,14,15)/t11-/m0/s1. The Kier molecular flexibility index (Phi) is 4.63. The Morgan fingerprint density at radius 3 is 2.71 bits per heavy atom. The van der Waals surface area contributed by atoms with Crippen LogP contribution in [0.4, 0.5) is 4.39 Å². The number of carbonyl (C=O) groups excluding carboxylic acids is 2. The summed E-state index contributed by atoms with van der Waals surface area (Å²) in [5.41, 5.74) is 0.620. The minimum absolute atomic E-state index is 0.198. The molecule has 4 nitrogen and oxygen atoms in total. The molecule has 0 aromatic heterocycles. The molecule has 1 aromatic carbocycles. The number of carbonyl (C=O) groups is 2. The van der Waals surface area contributed by atoms with Crippen molar-refractivity contribution in [1.82, 2.24) is 5.32 Å². The number of hydrogen-bond acceptors (Lipinski definition) is 3. The van der Waals surface area contributed by atoms with E-state index >= 15 is 0 Å². The first-order valence-electron chi connectivity index (χ1n) is 5.12. The summed E-state index contributed by atoms with van der Waals surface area (Å²) in [5, 5.41) is 2.46. The van der Waals surface area contributed by atoms with Gasteiger partial charge in [0, 0.05) is 13.3 Å². The third kappa shape index (κ3) is 4.22. The topological polar surface area (TPSA) is 55.4 Å². The summed E-state index contributed by atoms with van der Waals surface area (Å²) in [5.74, 6) is -1.27. The molecule has 5 heteroatoms. The molecule has 0 heterocycles. The lowest BCUT2D eigenvalue weighted by atomic mass is 10.1. The van der Waals surface area contributed by atoms with Gasteiger partial charge in [0.25, 0.3) is 0 Å². The maximum atomic E-state index is 13.0. The smallest absolute Gasteiger partial charge is 0.328 e. The largest absolute Gasteiger partial charge is 0.467 e. The molecule has 1 aromatic rings. The maximum Gasteiger partial charge on any atom is 0.328 e. The van der Waals surface area contributed by atoms with Gasteiger partial charge in [0.1, 0.15) is 11.9 Å². The van der Waals surface area contributed by atoms with E-state index in [2.05, 4.69) is 10.1 Å². The summed E-state index contributed by atoms with van der Waals surface area (Å²) in [6, 6.07) is 5.07. The molecule has 0 aliphatic heterocycles. The van der Waals surface area contributed by atoms with Crippen LogP contribution in [0.25, 0.3) is 0 Å². The fraction of sp³-hybridized carbons (Fsp3) is 0.333. The zero-order valence-corrected chi connectivity index (χ0v) is 9.70. The fourth-order valence-electron chi connectivity index (χ4n) is 1.48. The predicted molar refractivity (Wildman–Crippen MR) is 59.7 cm³/mol. The number of amides is 1. The van der Waals surface area contributed by atoms with Crippen molar-refractivity contribution in [3.8, 4) is 0 Å². The molecule has 1 amide bonds. The second kappa shape index (κ2) is 5.98. The van der Waals surface area contributed by atoms with Crippen LogP contribution in [0.15, 0.2) is 24.3 Å². The van der Waals surface area contributed by atoms with Crippen LogP contribution in [0, 0.1) is 5.82 Å². The second-order valence-corrected chi connectivity index (χ2v) is 3.61. The summed E-state index contributed by atoms with van der Waals surface area (Å²) >= 11 is 0. The predicted octanol–water partition coefficient (Wildman–Crippen LogP) is 1.05. The van der Waals surface area contributed by atoms with Crippen molar-refractivity contribution in [1.29, 1.82) is 0 Å². The Bertz CT molecular complexity index is 420. The molecular formula is C12H14FNO3. The first-order chi connectivity index (χ1) is 8.02. The molecule has 1 rings (SSSR count). The van der Waals surface area contributed by atoms with Crippen LogP contribution in [-0.4, -0.2) is 25.0 Å². The molecule has 1 N–H and O–H groups in total. The van der Waals surface area contributed by atoms with Crippen LogP contribution in [0.1, 0.15) is 12.5 Å². The molecule has 0 saturated heterocycles. The van der Waals surface area contributed by atoms with Crippen molar-refractivity contribution in [2.75, 3.05) is 7.11 Å². The van der Waals surface area contributed by atoms with Gasteiger partial charge < -0.3 is 10.1 Å². The highest BCUT2D eigenvalue weighted by Crippen LogP contribution is 2.07. The third-order valence-electron chi connectivity index (χ3n) is 2.19. The first-order valence-corrected chi connectivity index (χ1v) is 5.12. The number of rotatable bonds is 4. The number of hydrogen-bond donors (Lipinski definition) is 1. The van der Waals surface area contributed by atoms with E-state index in [0.717, 1.165) is 0 Å². The van der Waals surface area contributed by atoms with E-state index in [1.54, 1.807) is 12.1 Å². The van der Waals surface area contributed by atoms with Gasteiger partial charge >= 0.3 is 5.97 Å².